The largest absolute Gasteiger partial charge is 0.496 e. The molecule has 2 rings (SSSR count). The van der Waals surface area contributed by atoms with E-state index in [1.807, 2.05) is 12.1 Å². The number of aryl methyl sites for hydroxylation is 1. The lowest BCUT2D eigenvalue weighted by Gasteiger charge is -2.13. The van der Waals surface area contributed by atoms with Gasteiger partial charge >= 0.3 is 0 Å². The Morgan fingerprint density at radius 1 is 1.37 bits per heavy atom. The summed E-state index contributed by atoms with van der Waals surface area (Å²) in [5, 5.41) is 0. The van der Waals surface area contributed by atoms with Gasteiger partial charge in [-0.25, -0.2) is 4.98 Å². The molecule has 0 spiro atoms. The average Bonchev–Trinajstić information content (AvgIpc) is 2.41. The quantitative estimate of drug-likeness (QED) is 0.854. The van der Waals surface area contributed by atoms with Gasteiger partial charge < -0.3 is 9.72 Å². The fourth-order valence-corrected chi connectivity index (χ4v) is 2.42. The number of H-pyrrole nitrogens is 1. The number of rotatable bonds is 4. The topological polar surface area (TPSA) is 37.9 Å². The molecule has 0 unspecified atom stereocenters. The molecule has 0 saturated heterocycles. The maximum Gasteiger partial charge on any atom is 0.133 e. The number of aromatic amines is 1. The van der Waals surface area contributed by atoms with Crippen LogP contribution in [0.5, 0.6) is 5.75 Å². The smallest absolute Gasteiger partial charge is 0.133 e. The molecule has 0 radical (unpaired) electrons. The number of aromatic nitrogens is 2. The number of hydrogen-bond donors (Lipinski definition) is 1. The standard InChI is InChI=1S/C15H18N2OS/c1-4-5-11-14(16-9-17-15(11)19)12-8-10(2)6-7-13(12)18-3/h6-9H,4-5H2,1-3H3,(H,16,17,19). The van der Waals surface area contributed by atoms with Gasteiger partial charge in [0.15, 0.2) is 0 Å². The molecule has 3 nitrogen and oxygen atoms in total. The summed E-state index contributed by atoms with van der Waals surface area (Å²) in [5.41, 5.74) is 4.33. The van der Waals surface area contributed by atoms with Crippen LogP contribution in [0.25, 0.3) is 11.3 Å². The van der Waals surface area contributed by atoms with Crippen molar-refractivity contribution in [3.8, 4) is 17.0 Å². The summed E-state index contributed by atoms with van der Waals surface area (Å²) in [5.74, 6) is 0.847. The second-order valence-corrected chi connectivity index (χ2v) is 4.90. The minimum absolute atomic E-state index is 0.666. The van der Waals surface area contributed by atoms with Crippen molar-refractivity contribution in [1.82, 2.24) is 9.97 Å². The van der Waals surface area contributed by atoms with Crippen molar-refractivity contribution < 1.29 is 4.74 Å². The van der Waals surface area contributed by atoms with Crippen LogP contribution in [0.15, 0.2) is 24.5 Å². The first-order chi connectivity index (χ1) is 9.17. The maximum absolute atomic E-state index is 5.45. The molecule has 1 heterocycles. The number of benzene rings is 1. The highest BCUT2D eigenvalue weighted by Gasteiger charge is 2.12. The third-order valence-corrected chi connectivity index (χ3v) is 3.43. The van der Waals surface area contributed by atoms with Crippen LogP contribution in [0.2, 0.25) is 0 Å². The lowest BCUT2D eigenvalue weighted by Crippen LogP contribution is -1.99. The number of nitrogens with one attached hydrogen (secondary N) is 1. The van der Waals surface area contributed by atoms with Crippen molar-refractivity contribution in [3.63, 3.8) is 0 Å². The third kappa shape index (κ3) is 2.84. The Labute approximate surface area is 118 Å². The van der Waals surface area contributed by atoms with Crippen molar-refractivity contribution in [2.75, 3.05) is 7.11 Å². The molecular formula is C15H18N2OS. The van der Waals surface area contributed by atoms with Gasteiger partial charge in [0, 0.05) is 11.1 Å². The van der Waals surface area contributed by atoms with Gasteiger partial charge in [0.05, 0.1) is 19.1 Å². The second kappa shape index (κ2) is 5.97. The molecule has 0 aliphatic heterocycles. The molecule has 1 aromatic carbocycles. The minimum atomic E-state index is 0.666. The first-order valence-electron chi connectivity index (χ1n) is 6.39. The van der Waals surface area contributed by atoms with Gasteiger partial charge in [-0.05, 0) is 25.5 Å². The summed E-state index contributed by atoms with van der Waals surface area (Å²) < 4.78 is 6.12. The SMILES string of the molecule is CCCc1c(-c2cc(C)ccc2OC)[nH]cnc1=S. The molecule has 0 bridgehead atoms. The van der Waals surface area contributed by atoms with Crippen LogP contribution in [0, 0.1) is 11.6 Å². The zero-order chi connectivity index (χ0) is 13.8. The summed E-state index contributed by atoms with van der Waals surface area (Å²) >= 11 is 5.35. The van der Waals surface area contributed by atoms with Crippen molar-refractivity contribution in [3.05, 3.63) is 40.3 Å². The molecule has 0 atom stereocenters. The monoisotopic (exact) mass is 274 g/mol. The molecular weight excluding hydrogens is 256 g/mol. The average molecular weight is 274 g/mol. The van der Waals surface area contributed by atoms with E-state index >= 15 is 0 Å². The number of methoxy groups -OCH3 is 1. The highest BCUT2D eigenvalue weighted by Crippen LogP contribution is 2.32. The third-order valence-electron chi connectivity index (χ3n) is 3.07. The number of hydrogen-bond acceptors (Lipinski definition) is 3. The van der Waals surface area contributed by atoms with Gasteiger partial charge in [0.25, 0.3) is 0 Å². The fourth-order valence-electron chi connectivity index (χ4n) is 2.17. The van der Waals surface area contributed by atoms with Crippen LogP contribution in [-0.2, 0) is 6.42 Å². The van der Waals surface area contributed by atoms with E-state index in [2.05, 4.69) is 29.9 Å². The van der Waals surface area contributed by atoms with Crippen LogP contribution < -0.4 is 4.74 Å². The van der Waals surface area contributed by atoms with E-state index in [1.54, 1.807) is 13.4 Å². The summed E-state index contributed by atoms with van der Waals surface area (Å²) in [6, 6.07) is 6.13. The van der Waals surface area contributed by atoms with Crippen LogP contribution in [0.4, 0.5) is 0 Å². The number of nitrogens with zero attached hydrogens (tertiary/aromatic N) is 1. The molecule has 100 valence electrons. The van der Waals surface area contributed by atoms with Crippen LogP contribution in [0.3, 0.4) is 0 Å². The van der Waals surface area contributed by atoms with Crippen molar-refractivity contribution in [2.24, 2.45) is 0 Å². The predicted molar refractivity (Wildman–Crippen MR) is 80.1 cm³/mol. The van der Waals surface area contributed by atoms with Gasteiger partial charge in [-0.1, -0.05) is 37.2 Å². The Morgan fingerprint density at radius 2 is 2.16 bits per heavy atom. The Kier molecular flexibility index (Phi) is 4.32. The van der Waals surface area contributed by atoms with Crippen LogP contribution in [-0.4, -0.2) is 17.1 Å². The van der Waals surface area contributed by atoms with Gasteiger partial charge in [0.1, 0.15) is 10.4 Å². The highest BCUT2D eigenvalue weighted by atomic mass is 32.1. The molecule has 0 aliphatic rings. The molecule has 0 aliphatic carbocycles. The Hall–Kier alpha value is -1.68. The Balaban J connectivity index is 2.68. The van der Waals surface area contributed by atoms with Crippen molar-refractivity contribution in [2.45, 2.75) is 26.7 Å². The highest BCUT2D eigenvalue weighted by molar-refractivity contribution is 7.71. The summed E-state index contributed by atoms with van der Waals surface area (Å²) in [6.45, 7) is 4.21. The van der Waals surface area contributed by atoms with E-state index in [1.165, 1.54) is 5.56 Å². The first kappa shape index (κ1) is 13.7. The normalized spacial score (nSPS) is 10.5. The van der Waals surface area contributed by atoms with Gasteiger partial charge in [-0.3, -0.25) is 0 Å². The minimum Gasteiger partial charge on any atom is -0.496 e. The maximum atomic E-state index is 5.45. The van der Waals surface area contributed by atoms with E-state index in [0.717, 1.165) is 35.4 Å². The molecule has 19 heavy (non-hydrogen) atoms. The fraction of sp³-hybridized carbons (Fsp3) is 0.333. The van der Waals surface area contributed by atoms with Crippen molar-refractivity contribution >= 4 is 12.2 Å². The molecule has 0 fully saturated rings. The lowest BCUT2D eigenvalue weighted by atomic mass is 10.0. The second-order valence-electron chi connectivity index (χ2n) is 4.51. The summed E-state index contributed by atoms with van der Waals surface area (Å²) in [7, 11) is 1.68. The lowest BCUT2D eigenvalue weighted by molar-refractivity contribution is 0.416. The first-order valence-corrected chi connectivity index (χ1v) is 6.79. The number of ether oxygens (including phenoxy) is 1. The molecule has 4 heteroatoms. The molecule has 1 N–H and O–H groups in total. The zero-order valence-electron chi connectivity index (χ0n) is 11.5. The van der Waals surface area contributed by atoms with E-state index in [0.29, 0.717) is 4.64 Å². The van der Waals surface area contributed by atoms with Crippen LogP contribution >= 0.6 is 12.2 Å². The molecule has 0 saturated carbocycles. The van der Waals surface area contributed by atoms with Crippen molar-refractivity contribution in [1.29, 1.82) is 0 Å². The van der Waals surface area contributed by atoms with E-state index in [-0.39, 0.29) is 0 Å². The van der Waals surface area contributed by atoms with Gasteiger partial charge in [-0.2, -0.15) is 0 Å². The molecule has 2 aromatic rings. The van der Waals surface area contributed by atoms with Gasteiger partial charge in [-0.15, -0.1) is 0 Å². The zero-order valence-corrected chi connectivity index (χ0v) is 12.3. The van der Waals surface area contributed by atoms with Gasteiger partial charge in [0.2, 0.25) is 0 Å². The van der Waals surface area contributed by atoms with E-state index < -0.39 is 0 Å². The molecule has 0 amide bonds. The van der Waals surface area contributed by atoms with Crippen LogP contribution in [0.1, 0.15) is 24.5 Å². The van der Waals surface area contributed by atoms with E-state index in [9.17, 15) is 0 Å². The predicted octanol–water partition coefficient (Wildman–Crippen LogP) is 4.08. The summed E-state index contributed by atoms with van der Waals surface area (Å²) in [4.78, 5) is 7.40. The molecule has 1 aromatic heterocycles. The summed E-state index contributed by atoms with van der Waals surface area (Å²) in [6.07, 6.45) is 3.60. The van der Waals surface area contributed by atoms with E-state index in [4.69, 9.17) is 17.0 Å². The Bertz CT molecular complexity index is 634. The Morgan fingerprint density at radius 3 is 2.84 bits per heavy atom.